The van der Waals surface area contributed by atoms with Gasteiger partial charge >= 0.3 is 0 Å². The van der Waals surface area contributed by atoms with E-state index in [-0.39, 0.29) is 0 Å². The Balaban J connectivity index is 0.000000137. The molecule has 340 valence electrons. The van der Waals surface area contributed by atoms with E-state index in [4.69, 9.17) is 0 Å². The summed E-state index contributed by atoms with van der Waals surface area (Å²) in [5.41, 5.74) is 19.7. The molecule has 72 heavy (non-hydrogen) atoms. The summed E-state index contributed by atoms with van der Waals surface area (Å²) in [6.07, 6.45) is 0. The molecule has 0 aliphatic rings. The summed E-state index contributed by atoms with van der Waals surface area (Å²) in [7, 11) is 0. The standard InChI is InChI=1S/C38H28N2.C30H20N2/c1-25-23-27(39-35-15-7-3-11-31(35)32-12-4-8-16-36(32)39)19-21-29(25)30-22-20-28(24-26(30)2)40-37-17-9-5-13-33(37)34-14-6-10-18-38(34)40;1-5-13-27-23(9-1)24-10-2-6-14-28(24)31(27)21-17-19-22(20-18-21)32-29-15-7-3-11-25(29)26-12-4-8-16-30(26)32/h3-24H,1-2H3;1-20H. The van der Waals surface area contributed by atoms with Crippen molar-refractivity contribution in [3.05, 3.63) is 266 Å². The van der Waals surface area contributed by atoms with Crippen LogP contribution in [0.2, 0.25) is 0 Å². The second-order valence-electron chi connectivity index (χ2n) is 19.0. The van der Waals surface area contributed by atoms with Gasteiger partial charge in [0.1, 0.15) is 0 Å². The van der Waals surface area contributed by atoms with E-state index in [1.165, 1.54) is 132 Å². The smallest absolute Gasteiger partial charge is 0.0541 e. The molecule has 0 bridgehead atoms. The lowest BCUT2D eigenvalue weighted by Gasteiger charge is -2.15. The maximum Gasteiger partial charge on any atom is 0.0541 e. The van der Waals surface area contributed by atoms with Crippen LogP contribution in [0.4, 0.5) is 0 Å². The predicted octanol–water partition coefficient (Wildman–Crippen LogP) is 18.0. The molecular formula is C68H48N4. The Morgan fingerprint density at radius 2 is 0.375 bits per heavy atom. The number of benzene rings is 11. The van der Waals surface area contributed by atoms with Crippen LogP contribution in [0.3, 0.4) is 0 Å². The van der Waals surface area contributed by atoms with Gasteiger partial charge in [0, 0.05) is 65.8 Å². The molecule has 0 atom stereocenters. The first kappa shape index (κ1) is 41.6. The predicted molar refractivity (Wildman–Crippen MR) is 305 cm³/mol. The third kappa shape index (κ3) is 6.46. The van der Waals surface area contributed by atoms with Crippen LogP contribution in [0.15, 0.2) is 255 Å². The summed E-state index contributed by atoms with van der Waals surface area (Å²) < 4.78 is 9.50. The maximum atomic E-state index is 2.39. The molecule has 0 N–H and O–H groups in total. The minimum atomic E-state index is 1.17. The van der Waals surface area contributed by atoms with Crippen molar-refractivity contribution in [2.45, 2.75) is 13.8 Å². The van der Waals surface area contributed by atoms with Crippen LogP contribution in [0.25, 0.3) is 121 Å². The molecule has 0 aliphatic carbocycles. The highest BCUT2D eigenvalue weighted by Gasteiger charge is 2.17. The fraction of sp³-hybridized carbons (Fsp3) is 0.0294. The van der Waals surface area contributed by atoms with Crippen LogP contribution in [-0.2, 0) is 0 Å². The molecular weight excluding hydrogens is 873 g/mol. The van der Waals surface area contributed by atoms with Gasteiger partial charge in [0.2, 0.25) is 0 Å². The molecule has 4 heteroatoms. The van der Waals surface area contributed by atoms with Gasteiger partial charge in [-0.25, -0.2) is 0 Å². The number of para-hydroxylation sites is 8. The van der Waals surface area contributed by atoms with Gasteiger partial charge in [-0.05, 0) is 133 Å². The third-order valence-corrected chi connectivity index (χ3v) is 14.9. The Hall–Kier alpha value is -9.38. The lowest BCUT2D eigenvalue weighted by molar-refractivity contribution is 1.14. The van der Waals surface area contributed by atoms with E-state index in [1.54, 1.807) is 0 Å². The van der Waals surface area contributed by atoms with Gasteiger partial charge in [-0.15, -0.1) is 0 Å². The Morgan fingerprint density at radius 3 is 0.583 bits per heavy atom. The second kappa shape index (κ2) is 16.6. The molecule has 4 nitrogen and oxygen atoms in total. The molecule has 0 spiro atoms. The molecule has 0 aliphatic heterocycles. The lowest BCUT2D eigenvalue weighted by atomic mass is 9.95. The maximum absolute atomic E-state index is 2.39. The number of nitrogens with zero attached hydrogens (tertiary/aromatic N) is 4. The molecule has 4 heterocycles. The minimum absolute atomic E-state index is 1.17. The fourth-order valence-electron chi connectivity index (χ4n) is 11.7. The van der Waals surface area contributed by atoms with Gasteiger partial charge in [-0.2, -0.15) is 0 Å². The molecule has 0 fully saturated rings. The van der Waals surface area contributed by atoms with Gasteiger partial charge in [-0.3, -0.25) is 0 Å². The summed E-state index contributed by atoms with van der Waals surface area (Å²) in [5.74, 6) is 0. The van der Waals surface area contributed by atoms with E-state index >= 15 is 0 Å². The summed E-state index contributed by atoms with van der Waals surface area (Å²) in [4.78, 5) is 0. The summed E-state index contributed by atoms with van der Waals surface area (Å²) >= 11 is 0. The van der Waals surface area contributed by atoms with Crippen molar-refractivity contribution in [2.75, 3.05) is 0 Å². The highest BCUT2D eigenvalue weighted by atomic mass is 15.0. The van der Waals surface area contributed by atoms with Crippen molar-refractivity contribution in [1.29, 1.82) is 0 Å². The Bertz CT molecular complexity index is 4090. The van der Waals surface area contributed by atoms with E-state index in [9.17, 15) is 0 Å². The molecule has 0 radical (unpaired) electrons. The average molecular weight is 921 g/mol. The van der Waals surface area contributed by atoms with Crippen LogP contribution < -0.4 is 0 Å². The van der Waals surface area contributed by atoms with Crippen LogP contribution in [0.1, 0.15) is 11.1 Å². The fourth-order valence-corrected chi connectivity index (χ4v) is 11.7. The number of aromatic nitrogens is 4. The van der Waals surface area contributed by atoms with E-state index in [2.05, 4.69) is 287 Å². The molecule has 15 rings (SSSR count). The van der Waals surface area contributed by atoms with Gasteiger partial charge < -0.3 is 18.3 Å². The highest BCUT2D eigenvalue weighted by Crippen LogP contribution is 2.38. The van der Waals surface area contributed by atoms with Crippen molar-refractivity contribution < 1.29 is 0 Å². The highest BCUT2D eigenvalue weighted by molar-refractivity contribution is 6.12. The van der Waals surface area contributed by atoms with E-state index in [0.717, 1.165) is 0 Å². The molecule has 0 amide bonds. The molecule has 4 aromatic heterocycles. The number of hydrogen-bond acceptors (Lipinski definition) is 0. The average Bonchev–Trinajstić information content (AvgIpc) is 4.17. The summed E-state index contributed by atoms with van der Waals surface area (Å²) in [5, 5.41) is 10.3. The van der Waals surface area contributed by atoms with Crippen LogP contribution in [0, 0.1) is 13.8 Å². The quantitative estimate of drug-likeness (QED) is 0.164. The largest absolute Gasteiger partial charge is 0.309 e. The lowest BCUT2D eigenvalue weighted by Crippen LogP contribution is -1.98. The van der Waals surface area contributed by atoms with Gasteiger partial charge in [0.25, 0.3) is 0 Å². The van der Waals surface area contributed by atoms with Gasteiger partial charge in [0.05, 0.1) is 44.1 Å². The van der Waals surface area contributed by atoms with Crippen LogP contribution >= 0.6 is 0 Å². The van der Waals surface area contributed by atoms with Gasteiger partial charge in [0.15, 0.2) is 0 Å². The topological polar surface area (TPSA) is 19.7 Å². The van der Waals surface area contributed by atoms with Crippen molar-refractivity contribution in [3.63, 3.8) is 0 Å². The SMILES string of the molecule is Cc1cc(-n2c3ccccc3c3ccccc32)ccc1-c1ccc(-n2c3ccccc3c3ccccc32)cc1C.c1ccc2c(c1)c1ccccc1n2-c1ccc(-n2c3ccccc3c3ccccc32)cc1. The van der Waals surface area contributed by atoms with E-state index in [0.29, 0.717) is 0 Å². The number of aryl methyl sites for hydroxylation is 2. The van der Waals surface area contributed by atoms with Crippen molar-refractivity contribution in [3.8, 4) is 33.9 Å². The molecule has 0 saturated carbocycles. The number of rotatable bonds is 5. The first-order valence-electron chi connectivity index (χ1n) is 24.8. The van der Waals surface area contributed by atoms with Crippen LogP contribution in [0.5, 0.6) is 0 Å². The normalized spacial score (nSPS) is 11.8. The molecule has 11 aromatic carbocycles. The van der Waals surface area contributed by atoms with Crippen molar-refractivity contribution in [1.82, 2.24) is 18.3 Å². The zero-order valence-electron chi connectivity index (χ0n) is 40.0. The Labute approximate surface area is 417 Å². The van der Waals surface area contributed by atoms with E-state index in [1.807, 2.05) is 0 Å². The summed E-state index contributed by atoms with van der Waals surface area (Å²) in [6.45, 7) is 4.46. The van der Waals surface area contributed by atoms with Crippen LogP contribution in [-0.4, -0.2) is 18.3 Å². The Kier molecular flexibility index (Phi) is 9.62. The van der Waals surface area contributed by atoms with E-state index < -0.39 is 0 Å². The number of fused-ring (bicyclic) bond motifs is 12. The zero-order chi connectivity index (χ0) is 47.9. The molecule has 0 saturated heterocycles. The molecule has 0 unspecified atom stereocenters. The third-order valence-electron chi connectivity index (χ3n) is 14.9. The van der Waals surface area contributed by atoms with Crippen molar-refractivity contribution >= 4 is 87.2 Å². The first-order valence-corrected chi connectivity index (χ1v) is 24.8. The first-order chi connectivity index (χ1) is 35.6. The second-order valence-corrected chi connectivity index (χ2v) is 19.0. The summed E-state index contributed by atoms with van der Waals surface area (Å²) in [6, 6.07) is 92.0. The van der Waals surface area contributed by atoms with Gasteiger partial charge in [-0.1, -0.05) is 158 Å². The Morgan fingerprint density at radius 1 is 0.194 bits per heavy atom. The molecule has 15 aromatic rings. The zero-order valence-corrected chi connectivity index (χ0v) is 40.0. The monoisotopic (exact) mass is 920 g/mol. The minimum Gasteiger partial charge on any atom is -0.309 e. The number of hydrogen-bond donors (Lipinski definition) is 0. The van der Waals surface area contributed by atoms with Crippen molar-refractivity contribution in [2.24, 2.45) is 0 Å².